The molecule has 0 saturated heterocycles. The van der Waals surface area contributed by atoms with Crippen molar-refractivity contribution in [3.8, 4) is 5.75 Å². The number of methoxy groups -OCH3 is 1. The van der Waals surface area contributed by atoms with E-state index < -0.39 is 11.5 Å². The first-order valence-electron chi connectivity index (χ1n) is 8.04. The van der Waals surface area contributed by atoms with E-state index in [4.69, 9.17) is 4.74 Å². The molecule has 3 aromatic rings. The smallest absolute Gasteiger partial charge is 0.331 e. The summed E-state index contributed by atoms with van der Waals surface area (Å²) in [5, 5.41) is 16.9. The van der Waals surface area contributed by atoms with E-state index in [0.29, 0.717) is 11.4 Å². The second kappa shape index (κ2) is 6.55. The number of ether oxygens (including phenoxy) is 1. The third-order valence-electron chi connectivity index (χ3n) is 4.28. The van der Waals surface area contributed by atoms with Crippen LogP contribution in [0.3, 0.4) is 0 Å². The molecule has 2 heterocycles. The number of carbonyl (C=O) groups excluding carboxylic acids is 1. The zero-order valence-electron chi connectivity index (χ0n) is 14.7. The molecule has 0 unspecified atom stereocenters. The first kappa shape index (κ1) is 17.5. The number of fused-ring (bicyclic) bond motifs is 1. The molecule has 1 aromatic carbocycles. The van der Waals surface area contributed by atoms with Crippen LogP contribution in [-0.2, 0) is 21.5 Å². The van der Waals surface area contributed by atoms with Crippen molar-refractivity contribution in [2.75, 3.05) is 12.4 Å². The van der Waals surface area contributed by atoms with Crippen LogP contribution < -0.4 is 10.1 Å². The number of aromatic amines is 1. The summed E-state index contributed by atoms with van der Waals surface area (Å²) >= 11 is 0. The van der Waals surface area contributed by atoms with Crippen LogP contribution in [0.15, 0.2) is 36.8 Å². The lowest BCUT2D eigenvalue weighted by atomic mass is 10.1. The Balaban J connectivity index is 1.76. The minimum Gasteiger partial charge on any atom is -0.496 e. The number of aliphatic carboxylic acids is 1. The predicted octanol–water partition coefficient (Wildman–Crippen LogP) is 2.37. The molecule has 3 N–H and O–H groups in total. The Morgan fingerprint density at radius 2 is 2.15 bits per heavy atom. The van der Waals surface area contributed by atoms with E-state index in [9.17, 15) is 14.7 Å². The highest BCUT2D eigenvalue weighted by atomic mass is 16.5. The lowest BCUT2D eigenvalue weighted by molar-refractivity contribution is -0.146. The highest BCUT2D eigenvalue weighted by Crippen LogP contribution is 2.29. The number of amides is 1. The lowest BCUT2D eigenvalue weighted by Crippen LogP contribution is -2.35. The summed E-state index contributed by atoms with van der Waals surface area (Å²) in [6.45, 7) is 3.07. The number of aromatic nitrogens is 3. The molecular formula is C18H20N4O4. The van der Waals surface area contributed by atoms with Gasteiger partial charge in [0.1, 0.15) is 5.75 Å². The number of anilines is 1. The molecular weight excluding hydrogens is 336 g/mol. The van der Waals surface area contributed by atoms with E-state index in [1.807, 2.05) is 18.2 Å². The maximum atomic E-state index is 12.4. The zero-order valence-corrected chi connectivity index (χ0v) is 14.7. The van der Waals surface area contributed by atoms with Crippen molar-refractivity contribution in [2.45, 2.75) is 25.8 Å². The van der Waals surface area contributed by atoms with Crippen LogP contribution >= 0.6 is 0 Å². The van der Waals surface area contributed by atoms with Gasteiger partial charge in [-0.05, 0) is 31.5 Å². The Hall–Kier alpha value is -3.29. The van der Waals surface area contributed by atoms with Crippen LogP contribution in [0, 0.1) is 0 Å². The van der Waals surface area contributed by atoms with E-state index in [2.05, 4.69) is 15.4 Å². The van der Waals surface area contributed by atoms with Crippen molar-refractivity contribution < 1.29 is 19.4 Å². The average Bonchev–Trinajstić information content (AvgIpc) is 3.22. The number of nitrogens with zero attached hydrogens (tertiary/aromatic N) is 2. The van der Waals surface area contributed by atoms with Gasteiger partial charge in [0, 0.05) is 23.3 Å². The molecule has 8 heteroatoms. The Morgan fingerprint density at radius 1 is 1.38 bits per heavy atom. The summed E-state index contributed by atoms with van der Waals surface area (Å²) in [6, 6.07) is 5.63. The molecule has 0 atom stereocenters. The quantitative estimate of drug-likeness (QED) is 0.628. The standard InChI is InChI=1S/C18H20N4O4/c1-18(2,17(24)25)22-10-12(9-20-22)21-15(23)7-11-8-19-13-5-4-6-14(26-3)16(11)13/h4-6,8-10,19H,7H2,1-3H3,(H,21,23)(H,24,25). The van der Waals surface area contributed by atoms with Crippen LogP contribution in [0.5, 0.6) is 5.75 Å². The fourth-order valence-corrected chi connectivity index (χ4v) is 2.70. The van der Waals surface area contributed by atoms with E-state index in [1.165, 1.54) is 30.9 Å². The molecule has 0 aliphatic rings. The zero-order chi connectivity index (χ0) is 18.9. The molecule has 2 aromatic heterocycles. The van der Waals surface area contributed by atoms with Gasteiger partial charge in [-0.25, -0.2) is 4.79 Å². The van der Waals surface area contributed by atoms with Gasteiger partial charge in [-0.15, -0.1) is 0 Å². The predicted molar refractivity (Wildman–Crippen MR) is 96.4 cm³/mol. The average molecular weight is 356 g/mol. The molecule has 3 rings (SSSR count). The molecule has 136 valence electrons. The normalized spacial score (nSPS) is 11.5. The minimum absolute atomic E-state index is 0.147. The fourth-order valence-electron chi connectivity index (χ4n) is 2.70. The highest BCUT2D eigenvalue weighted by molar-refractivity contribution is 5.97. The van der Waals surface area contributed by atoms with E-state index in [-0.39, 0.29) is 12.3 Å². The van der Waals surface area contributed by atoms with Crippen molar-refractivity contribution in [3.63, 3.8) is 0 Å². The SMILES string of the molecule is COc1cccc2[nH]cc(CC(=O)Nc3cnn(C(C)(C)C(=O)O)c3)c12. The van der Waals surface area contributed by atoms with Crippen molar-refractivity contribution >= 4 is 28.5 Å². The second-order valence-corrected chi connectivity index (χ2v) is 6.46. The monoisotopic (exact) mass is 356 g/mol. The second-order valence-electron chi connectivity index (χ2n) is 6.46. The maximum Gasteiger partial charge on any atom is 0.331 e. The van der Waals surface area contributed by atoms with Crippen molar-refractivity contribution in [2.24, 2.45) is 0 Å². The number of carboxylic acids is 1. The number of hydrogen-bond acceptors (Lipinski definition) is 4. The van der Waals surface area contributed by atoms with Gasteiger partial charge in [0.2, 0.25) is 5.91 Å². The van der Waals surface area contributed by atoms with Crippen molar-refractivity contribution in [1.82, 2.24) is 14.8 Å². The topological polar surface area (TPSA) is 109 Å². The lowest BCUT2D eigenvalue weighted by Gasteiger charge is -2.19. The summed E-state index contributed by atoms with van der Waals surface area (Å²) in [7, 11) is 1.59. The third-order valence-corrected chi connectivity index (χ3v) is 4.28. The molecule has 0 radical (unpaired) electrons. The number of carboxylic acid groups (broad SMARTS) is 1. The van der Waals surface area contributed by atoms with E-state index >= 15 is 0 Å². The molecule has 0 saturated carbocycles. The number of H-pyrrole nitrogens is 1. The first-order valence-corrected chi connectivity index (χ1v) is 8.04. The molecule has 0 aliphatic heterocycles. The molecule has 0 spiro atoms. The molecule has 0 aliphatic carbocycles. The van der Waals surface area contributed by atoms with Crippen LogP contribution in [0.25, 0.3) is 10.9 Å². The highest BCUT2D eigenvalue weighted by Gasteiger charge is 2.30. The van der Waals surface area contributed by atoms with E-state index in [0.717, 1.165) is 16.5 Å². The third kappa shape index (κ3) is 3.13. The van der Waals surface area contributed by atoms with Gasteiger partial charge in [0.15, 0.2) is 5.54 Å². The molecule has 0 bridgehead atoms. The van der Waals surface area contributed by atoms with Crippen molar-refractivity contribution in [3.05, 3.63) is 42.4 Å². The Bertz CT molecular complexity index is 971. The van der Waals surface area contributed by atoms with Crippen LogP contribution in [-0.4, -0.2) is 38.9 Å². The van der Waals surface area contributed by atoms with Gasteiger partial charge in [0.05, 0.1) is 25.4 Å². The van der Waals surface area contributed by atoms with E-state index in [1.54, 1.807) is 13.3 Å². The summed E-state index contributed by atoms with van der Waals surface area (Å²) in [5.41, 5.74) is 0.945. The Kier molecular flexibility index (Phi) is 4.41. The van der Waals surface area contributed by atoms with Gasteiger partial charge in [-0.2, -0.15) is 5.10 Å². The Morgan fingerprint density at radius 3 is 2.85 bits per heavy atom. The van der Waals surface area contributed by atoms with Gasteiger partial charge in [-0.1, -0.05) is 6.07 Å². The summed E-state index contributed by atoms with van der Waals surface area (Å²) in [6.07, 6.45) is 4.86. The first-order chi connectivity index (χ1) is 12.3. The molecule has 26 heavy (non-hydrogen) atoms. The maximum absolute atomic E-state index is 12.4. The van der Waals surface area contributed by atoms with Crippen LogP contribution in [0.2, 0.25) is 0 Å². The minimum atomic E-state index is -1.20. The number of carbonyl (C=O) groups is 2. The van der Waals surface area contributed by atoms with Gasteiger partial charge in [-0.3, -0.25) is 9.48 Å². The number of nitrogens with one attached hydrogen (secondary N) is 2. The van der Waals surface area contributed by atoms with Gasteiger partial charge >= 0.3 is 5.97 Å². The molecule has 8 nitrogen and oxygen atoms in total. The van der Waals surface area contributed by atoms with Crippen molar-refractivity contribution in [1.29, 1.82) is 0 Å². The molecule has 0 fully saturated rings. The summed E-state index contributed by atoms with van der Waals surface area (Å²) in [4.78, 5) is 26.8. The summed E-state index contributed by atoms with van der Waals surface area (Å²) < 4.78 is 6.67. The Labute approximate surface area is 149 Å². The number of benzene rings is 1. The summed E-state index contributed by atoms with van der Waals surface area (Å²) in [5.74, 6) is -0.545. The largest absolute Gasteiger partial charge is 0.496 e. The number of hydrogen-bond donors (Lipinski definition) is 3. The van der Waals surface area contributed by atoms with Crippen LogP contribution in [0.1, 0.15) is 19.4 Å². The fraction of sp³-hybridized carbons (Fsp3) is 0.278. The molecule has 1 amide bonds. The van der Waals surface area contributed by atoms with Gasteiger partial charge < -0.3 is 20.1 Å². The van der Waals surface area contributed by atoms with Gasteiger partial charge in [0.25, 0.3) is 0 Å². The number of rotatable bonds is 6. The van der Waals surface area contributed by atoms with Crippen LogP contribution in [0.4, 0.5) is 5.69 Å².